The lowest BCUT2D eigenvalue weighted by molar-refractivity contribution is 0.139. The highest BCUT2D eigenvalue weighted by Crippen LogP contribution is 2.28. The van der Waals surface area contributed by atoms with Gasteiger partial charge in [0.2, 0.25) is 0 Å². The summed E-state index contributed by atoms with van der Waals surface area (Å²) in [6.07, 6.45) is 2.66. The summed E-state index contributed by atoms with van der Waals surface area (Å²) in [5.74, 6) is 0. The zero-order chi connectivity index (χ0) is 12.3. The largest absolute Gasteiger partial charge is 0.399 e. The van der Waals surface area contributed by atoms with Crippen molar-refractivity contribution in [2.24, 2.45) is 0 Å². The smallest absolute Gasteiger partial charge is 0.0589 e. The summed E-state index contributed by atoms with van der Waals surface area (Å²) in [6.45, 7) is 4.90. The molecule has 0 atom stereocenters. The molecule has 0 aromatic heterocycles. The van der Waals surface area contributed by atoms with Gasteiger partial charge in [0.25, 0.3) is 0 Å². The maximum Gasteiger partial charge on any atom is 0.0589 e. The first-order valence-corrected chi connectivity index (χ1v) is 6.28. The van der Waals surface area contributed by atoms with Crippen molar-refractivity contribution >= 4 is 5.69 Å². The Morgan fingerprint density at radius 2 is 2.18 bits per heavy atom. The van der Waals surface area contributed by atoms with E-state index in [2.05, 4.69) is 24.0 Å². The van der Waals surface area contributed by atoms with Crippen molar-refractivity contribution in [3.05, 3.63) is 29.3 Å². The zero-order valence-electron chi connectivity index (χ0n) is 10.8. The molecule has 0 heterocycles. The van der Waals surface area contributed by atoms with Gasteiger partial charge in [-0.2, -0.15) is 0 Å². The van der Waals surface area contributed by atoms with E-state index in [0.717, 1.165) is 31.4 Å². The minimum atomic E-state index is 0.767. The molecule has 1 saturated carbocycles. The van der Waals surface area contributed by atoms with E-state index in [0.29, 0.717) is 0 Å². The fourth-order valence-electron chi connectivity index (χ4n) is 2.11. The van der Waals surface area contributed by atoms with Crippen molar-refractivity contribution in [2.45, 2.75) is 32.4 Å². The highest BCUT2D eigenvalue weighted by Gasteiger charge is 2.28. The first-order valence-electron chi connectivity index (χ1n) is 6.28. The Balaban J connectivity index is 1.98. The molecule has 1 aliphatic carbocycles. The van der Waals surface area contributed by atoms with Crippen LogP contribution in [0.3, 0.4) is 0 Å². The number of rotatable bonds is 6. The van der Waals surface area contributed by atoms with Gasteiger partial charge in [0, 0.05) is 31.9 Å². The van der Waals surface area contributed by atoms with E-state index in [4.69, 9.17) is 10.5 Å². The summed E-state index contributed by atoms with van der Waals surface area (Å²) in [5, 5.41) is 0. The molecule has 0 bridgehead atoms. The predicted octanol–water partition coefficient (Wildman–Crippen LogP) is 2.19. The second-order valence-electron chi connectivity index (χ2n) is 4.89. The number of aryl methyl sites for hydroxylation is 1. The highest BCUT2D eigenvalue weighted by atomic mass is 16.5. The Hall–Kier alpha value is -1.06. The third-order valence-electron chi connectivity index (χ3n) is 3.37. The molecule has 0 amide bonds. The minimum Gasteiger partial charge on any atom is -0.399 e. The van der Waals surface area contributed by atoms with Crippen molar-refractivity contribution in [2.75, 3.05) is 26.0 Å². The number of nitrogens with zero attached hydrogens (tertiary/aromatic N) is 1. The van der Waals surface area contributed by atoms with E-state index in [1.165, 1.54) is 24.0 Å². The van der Waals surface area contributed by atoms with Crippen LogP contribution in [-0.2, 0) is 11.3 Å². The molecule has 3 nitrogen and oxygen atoms in total. The van der Waals surface area contributed by atoms with Crippen LogP contribution in [0.15, 0.2) is 18.2 Å². The van der Waals surface area contributed by atoms with Gasteiger partial charge < -0.3 is 10.5 Å². The topological polar surface area (TPSA) is 38.5 Å². The van der Waals surface area contributed by atoms with E-state index < -0.39 is 0 Å². The summed E-state index contributed by atoms with van der Waals surface area (Å²) in [4.78, 5) is 2.51. The molecule has 0 spiro atoms. The number of benzene rings is 1. The second-order valence-corrected chi connectivity index (χ2v) is 4.89. The van der Waals surface area contributed by atoms with Crippen molar-refractivity contribution in [3.63, 3.8) is 0 Å². The van der Waals surface area contributed by atoms with Crippen LogP contribution in [0.2, 0.25) is 0 Å². The summed E-state index contributed by atoms with van der Waals surface area (Å²) >= 11 is 0. The Labute approximate surface area is 104 Å². The highest BCUT2D eigenvalue weighted by molar-refractivity contribution is 5.47. The number of hydrogen-bond acceptors (Lipinski definition) is 3. The Morgan fingerprint density at radius 3 is 2.76 bits per heavy atom. The normalized spacial score (nSPS) is 15.5. The lowest BCUT2D eigenvalue weighted by atomic mass is 10.1. The first kappa shape index (κ1) is 12.4. The molecule has 0 radical (unpaired) electrons. The van der Waals surface area contributed by atoms with Gasteiger partial charge in [-0.3, -0.25) is 4.90 Å². The van der Waals surface area contributed by atoms with Gasteiger partial charge in [-0.15, -0.1) is 0 Å². The van der Waals surface area contributed by atoms with E-state index in [9.17, 15) is 0 Å². The second kappa shape index (κ2) is 5.52. The van der Waals surface area contributed by atoms with Crippen LogP contribution in [0, 0.1) is 6.92 Å². The average molecular weight is 234 g/mol. The van der Waals surface area contributed by atoms with Gasteiger partial charge in [-0.1, -0.05) is 12.1 Å². The molecule has 0 saturated heterocycles. The number of hydrogen-bond donors (Lipinski definition) is 1. The standard InChI is InChI=1S/C14H22N2O/c1-11-9-12(3-6-14(11)15)10-16(7-8-17-2)13-4-5-13/h3,6,9,13H,4-5,7-8,10,15H2,1-2H3. The summed E-state index contributed by atoms with van der Waals surface area (Å²) in [5.41, 5.74) is 9.23. The Bertz CT molecular complexity index is 374. The Kier molecular flexibility index (Phi) is 4.02. The monoisotopic (exact) mass is 234 g/mol. The van der Waals surface area contributed by atoms with Crippen LogP contribution in [0.25, 0.3) is 0 Å². The van der Waals surface area contributed by atoms with Gasteiger partial charge in [-0.05, 0) is 37.0 Å². The number of nitrogen functional groups attached to an aromatic ring is 1. The molecule has 0 aliphatic heterocycles. The minimum absolute atomic E-state index is 0.767. The molecule has 17 heavy (non-hydrogen) atoms. The van der Waals surface area contributed by atoms with Crippen LogP contribution in [0.1, 0.15) is 24.0 Å². The summed E-state index contributed by atoms with van der Waals surface area (Å²) in [6, 6.07) is 7.09. The van der Waals surface area contributed by atoms with Crippen LogP contribution in [0.4, 0.5) is 5.69 Å². The zero-order valence-corrected chi connectivity index (χ0v) is 10.8. The van der Waals surface area contributed by atoms with Crippen molar-refractivity contribution in [3.8, 4) is 0 Å². The molecule has 1 aromatic carbocycles. The molecule has 94 valence electrons. The fraction of sp³-hybridized carbons (Fsp3) is 0.571. The van der Waals surface area contributed by atoms with Gasteiger partial charge in [0.1, 0.15) is 0 Å². The molecule has 2 rings (SSSR count). The van der Waals surface area contributed by atoms with Crippen molar-refractivity contribution in [1.82, 2.24) is 4.90 Å². The maximum atomic E-state index is 5.84. The van der Waals surface area contributed by atoms with Gasteiger partial charge >= 0.3 is 0 Å². The summed E-state index contributed by atoms with van der Waals surface area (Å²) in [7, 11) is 1.76. The molecular weight excluding hydrogens is 212 g/mol. The molecule has 1 aromatic rings. The van der Waals surface area contributed by atoms with Crippen molar-refractivity contribution < 1.29 is 4.74 Å². The van der Waals surface area contributed by atoms with Crippen LogP contribution >= 0.6 is 0 Å². The van der Waals surface area contributed by atoms with E-state index in [1.807, 2.05) is 6.07 Å². The fourth-order valence-corrected chi connectivity index (χ4v) is 2.11. The average Bonchev–Trinajstić information content (AvgIpc) is 3.13. The maximum absolute atomic E-state index is 5.84. The SMILES string of the molecule is COCCN(Cc1ccc(N)c(C)c1)C1CC1. The molecule has 2 N–H and O–H groups in total. The third-order valence-corrected chi connectivity index (χ3v) is 3.37. The summed E-state index contributed by atoms with van der Waals surface area (Å²) < 4.78 is 5.17. The van der Waals surface area contributed by atoms with Crippen molar-refractivity contribution in [1.29, 1.82) is 0 Å². The number of methoxy groups -OCH3 is 1. The van der Waals surface area contributed by atoms with Crippen LogP contribution in [-0.4, -0.2) is 31.2 Å². The lowest BCUT2D eigenvalue weighted by Crippen LogP contribution is -2.29. The molecule has 3 heteroatoms. The van der Waals surface area contributed by atoms with E-state index in [1.54, 1.807) is 7.11 Å². The molecular formula is C14H22N2O. The number of ether oxygens (including phenoxy) is 1. The van der Waals surface area contributed by atoms with E-state index in [-0.39, 0.29) is 0 Å². The third kappa shape index (κ3) is 3.45. The van der Waals surface area contributed by atoms with Crippen LogP contribution < -0.4 is 5.73 Å². The van der Waals surface area contributed by atoms with Gasteiger partial charge in [0.05, 0.1) is 6.61 Å². The van der Waals surface area contributed by atoms with Gasteiger partial charge in [-0.25, -0.2) is 0 Å². The van der Waals surface area contributed by atoms with Crippen LogP contribution in [0.5, 0.6) is 0 Å². The van der Waals surface area contributed by atoms with Gasteiger partial charge in [0.15, 0.2) is 0 Å². The van der Waals surface area contributed by atoms with E-state index >= 15 is 0 Å². The molecule has 1 fully saturated rings. The number of anilines is 1. The molecule has 1 aliphatic rings. The lowest BCUT2D eigenvalue weighted by Gasteiger charge is -2.22. The quantitative estimate of drug-likeness (QED) is 0.767. The molecule has 0 unspecified atom stereocenters. The predicted molar refractivity (Wildman–Crippen MR) is 70.9 cm³/mol. The first-order chi connectivity index (χ1) is 8.20. The number of nitrogens with two attached hydrogens (primary N) is 1. The Morgan fingerprint density at radius 1 is 1.41 bits per heavy atom.